The smallest absolute Gasteiger partial charge is 0.279 e. The van der Waals surface area contributed by atoms with Crippen molar-refractivity contribution in [3.63, 3.8) is 0 Å². The van der Waals surface area contributed by atoms with Crippen molar-refractivity contribution in [2.75, 3.05) is 5.32 Å². The summed E-state index contributed by atoms with van der Waals surface area (Å²) in [4.78, 5) is 18.6. The number of hydrogen-bond acceptors (Lipinski definition) is 5. The zero-order chi connectivity index (χ0) is 22.9. The number of para-hydroxylation sites is 1. The predicted octanol–water partition coefficient (Wildman–Crippen LogP) is 6.54. The Morgan fingerprint density at radius 2 is 1.61 bits per heavy atom. The Hall–Kier alpha value is -3.26. The van der Waals surface area contributed by atoms with Crippen LogP contribution in [0.25, 0.3) is 21.7 Å². The van der Waals surface area contributed by atoms with Crippen LogP contribution in [0, 0.1) is 10.9 Å². The second-order valence-corrected chi connectivity index (χ2v) is 9.60. The van der Waals surface area contributed by atoms with Crippen molar-refractivity contribution in [3.8, 4) is 11.4 Å². The average molecular weight is 491 g/mol. The summed E-state index contributed by atoms with van der Waals surface area (Å²) in [7, 11) is 0. The molecule has 2 aromatic heterocycles. The second-order valence-electron chi connectivity index (χ2n) is 7.52. The molecule has 3 aromatic carbocycles. The standard InChI is InChI=1S/C25H19ClN4OS2/c1-16-7-5-6-8-17(16)15-27-24-28-22-21(23(31)30(24)20-13-11-18(26)12-14-20)33-25(32)29(22)19-9-3-2-4-10-19/h2-14H,15H2,1H3,(H,27,28). The Morgan fingerprint density at radius 1 is 0.939 bits per heavy atom. The van der Waals surface area contributed by atoms with E-state index in [1.54, 1.807) is 16.7 Å². The van der Waals surface area contributed by atoms with Gasteiger partial charge in [0.15, 0.2) is 9.60 Å². The summed E-state index contributed by atoms with van der Waals surface area (Å²) in [6.45, 7) is 2.58. The Labute approximate surface area is 204 Å². The minimum Gasteiger partial charge on any atom is -0.351 e. The largest absolute Gasteiger partial charge is 0.351 e. The SMILES string of the molecule is Cc1ccccc1CNc1nc2c(sc(=S)n2-c2ccccc2)c(=O)n1-c1ccc(Cl)cc1. The van der Waals surface area contributed by atoms with Gasteiger partial charge >= 0.3 is 0 Å². The van der Waals surface area contributed by atoms with Crippen LogP contribution in [-0.2, 0) is 6.54 Å². The highest BCUT2D eigenvalue weighted by molar-refractivity contribution is 7.73. The third-order valence-electron chi connectivity index (χ3n) is 5.41. The van der Waals surface area contributed by atoms with Crippen LogP contribution in [0.4, 0.5) is 5.95 Å². The van der Waals surface area contributed by atoms with Crippen molar-refractivity contribution in [2.24, 2.45) is 0 Å². The quantitative estimate of drug-likeness (QED) is 0.284. The first-order chi connectivity index (χ1) is 16.0. The van der Waals surface area contributed by atoms with Gasteiger partial charge in [0.2, 0.25) is 5.95 Å². The molecule has 0 bridgehead atoms. The molecule has 0 aliphatic carbocycles. The van der Waals surface area contributed by atoms with E-state index in [1.165, 1.54) is 11.3 Å². The van der Waals surface area contributed by atoms with Crippen LogP contribution in [0.2, 0.25) is 5.02 Å². The normalized spacial score (nSPS) is 11.1. The summed E-state index contributed by atoms with van der Waals surface area (Å²) in [6, 6.07) is 25.0. The summed E-state index contributed by atoms with van der Waals surface area (Å²) in [5, 5.41) is 3.98. The third kappa shape index (κ3) is 4.11. The van der Waals surface area contributed by atoms with E-state index >= 15 is 0 Å². The molecular formula is C25H19ClN4OS2. The van der Waals surface area contributed by atoms with Crippen molar-refractivity contribution in [2.45, 2.75) is 13.5 Å². The molecule has 0 saturated carbocycles. The molecule has 164 valence electrons. The van der Waals surface area contributed by atoms with Gasteiger partial charge in [-0.2, -0.15) is 4.98 Å². The summed E-state index contributed by atoms with van der Waals surface area (Å²) in [5.74, 6) is 0.440. The van der Waals surface area contributed by atoms with Gasteiger partial charge in [0, 0.05) is 17.3 Å². The van der Waals surface area contributed by atoms with E-state index in [9.17, 15) is 4.79 Å². The zero-order valence-electron chi connectivity index (χ0n) is 17.7. The molecule has 0 aliphatic heterocycles. The second kappa shape index (κ2) is 8.94. The molecular weight excluding hydrogens is 472 g/mol. The number of benzene rings is 3. The maximum Gasteiger partial charge on any atom is 0.279 e. The molecule has 1 N–H and O–H groups in total. The van der Waals surface area contributed by atoms with Crippen LogP contribution < -0.4 is 10.9 Å². The van der Waals surface area contributed by atoms with Crippen LogP contribution in [0.3, 0.4) is 0 Å². The highest BCUT2D eigenvalue weighted by Gasteiger charge is 2.18. The number of aryl methyl sites for hydroxylation is 1. The molecule has 0 radical (unpaired) electrons. The molecule has 33 heavy (non-hydrogen) atoms. The van der Waals surface area contributed by atoms with Gasteiger partial charge in [-0.3, -0.25) is 9.36 Å². The van der Waals surface area contributed by atoms with E-state index in [1.807, 2.05) is 59.2 Å². The lowest BCUT2D eigenvalue weighted by atomic mass is 10.1. The average Bonchev–Trinajstić information content (AvgIpc) is 3.16. The molecule has 5 nitrogen and oxygen atoms in total. The van der Waals surface area contributed by atoms with Gasteiger partial charge in [-0.15, -0.1) is 0 Å². The van der Waals surface area contributed by atoms with Gasteiger partial charge < -0.3 is 5.32 Å². The van der Waals surface area contributed by atoms with E-state index in [-0.39, 0.29) is 5.56 Å². The number of anilines is 1. The van der Waals surface area contributed by atoms with Crippen molar-refractivity contribution in [1.82, 2.24) is 14.1 Å². The zero-order valence-corrected chi connectivity index (χ0v) is 20.0. The molecule has 0 unspecified atom stereocenters. The van der Waals surface area contributed by atoms with Gasteiger partial charge in [-0.05, 0) is 66.7 Å². The Kier molecular flexibility index (Phi) is 5.85. The van der Waals surface area contributed by atoms with E-state index in [0.717, 1.165) is 16.8 Å². The molecule has 5 aromatic rings. The molecule has 0 saturated heterocycles. The number of thiazole rings is 1. The summed E-state index contributed by atoms with van der Waals surface area (Å²) in [5.41, 5.74) is 4.19. The molecule has 0 fully saturated rings. The number of nitrogens with one attached hydrogen (secondary N) is 1. The van der Waals surface area contributed by atoms with E-state index in [2.05, 4.69) is 24.4 Å². The highest BCUT2D eigenvalue weighted by Crippen LogP contribution is 2.26. The maximum absolute atomic E-state index is 13.7. The monoisotopic (exact) mass is 490 g/mol. The fourth-order valence-electron chi connectivity index (χ4n) is 3.69. The summed E-state index contributed by atoms with van der Waals surface area (Å²) in [6.07, 6.45) is 0. The lowest BCUT2D eigenvalue weighted by molar-refractivity contribution is 0.926. The van der Waals surface area contributed by atoms with Crippen molar-refractivity contribution >= 4 is 51.5 Å². The number of rotatable bonds is 5. The van der Waals surface area contributed by atoms with Crippen molar-refractivity contribution in [1.29, 1.82) is 0 Å². The topological polar surface area (TPSA) is 51.9 Å². The van der Waals surface area contributed by atoms with Gasteiger partial charge in [0.1, 0.15) is 4.70 Å². The van der Waals surface area contributed by atoms with Crippen LogP contribution >= 0.6 is 35.2 Å². The molecule has 0 amide bonds. The molecule has 0 spiro atoms. The predicted molar refractivity (Wildman–Crippen MR) is 139 cm³/mol. The van der Waals surface area contributed by atoms with Crippen LogP contribution in [0.1, 0.15) is 11.1 Å². The first kappa shape index (κ1) is 21.6. The number of fused-ring (bicyclic) bond motifs is 1. The van der Waals surface area contributed by atoms with Crippen LogP contribution in [0.15, 0.2) is 83.7 Å². The van der Waals surface area contributed by atoms with E-state index in [0.29, 0.717) is 37.5 Å². The number of hydrogen-bond donors (Lipinski definition) is 1. The first-order valence-electron chi connectivity index (χ1n) is 10.3. The fraction of sp³-hybridized carbons (Fsp3) is 0.0800. The Morgan fingerprint density at radius 3 is 2.33 bits per heavy atom. The van der Waals surface area contributed by atoms with Gasteiger partial charge in [-0.25, -0.2) is 4.57 Å². The van der Waals surface area contributed by atoms with E-state index in [4.69, 9.17) is 28.8 Å². The fourth-order valence-corrected chi connectivity index (χ4v) is 5.12. The van der Waals surface area contributed by atoms with E-state index < -0.39 is 0 Å². The lowest BCUT2D eigenvalue weighted by Crippen LogP contribution is -2.23. The van der Waals surface area contributed by atoms with Crippen molar-refractivity contribution < 1.29 is 0 Å². The molecule has 5 rings (SSSR count). The van der Waals surface area contributed by atoms with Crippen molar-refractivity contribution in [3.05, 3.63) is 109 Å². The lowest BCUT2D eigenvalue weighted by Gasteiger charge is -2.15. The highest BCUT2D eigenvalue weighted by atomic mass is 35.5. The molecule has 8 heteroatoms. The van der Waals surface area contributed by atoms with Gasteiger partial charge in [0.05, 0.1) is 5.69 Å². The molecule has 0 atom stereocenters. The number of nitrogens with zero attached hydrogens (tertiary/aromatic N) is 3. The minimum absolute atomic E-state index is 0.180. The van der Waals surface area contributed by atoms with Gasteiger partial charge in [0.25, 0.3) is 5.56 Å². The summed E-state index contributed by atoms with van der Waals surface area (Å²) >= 11 is 13.0. The van der Waals surface area contributed by atoms with Crippen LogP contribution in [0.5, 0.6) is 0 Å². The van der Waals surface area contributed by atoms with Crippen LogP contribution in [-0.4, -0.2) is 14.1 Å². The molecule has 0 aliphatic rings. The number of halogens is 1. The first-order valence-corrected chi connectivity index (χ1v) is 11.9. The summed E-state index contributed by atoms with van der Waals surface area (Å²) < 4.78 is 4.50. The number of aromatic nitrogens is 3. The maximum atomic E-state index is 13.7. The van der Waals surface area contributed by atoms with Gasteiger partial charge in [-0.1, -0.05) is 65.4 Å². The molecule has 2 heterocycles. The Balaban J connectivity index is 1.73. The Bertz CT molecular complexity index is 1570. The minimum atomic E-state index is -0.180. The third-order valence-corrected chi connectivity index (χ3v) is 7.01.